The molecule has 0 N–H and O–H groups in total. The Morgan fingerprint density at radius 2 is 1.50 bits per heavy atom. The van der Waals surface area contributed by atoms with E-state index in [1.165, 1.54) is 16.7 Å². The van der Waals surface area contributed by atoms with Gasteiger partial charge in [-0.05, 0) is 94.0 Å². The number of aryl methyl sites for hydroxylation is 3. The van der Waals surface area contributed by atoms with Crippen LogP contribution in [0.3, 0.4) is 0 Å². The van der Waals surface area contributed by atoms with Crippen LogP contribution < -0.4 is 4.74 Å². The van der Waals surface area contributed by atoms with Gasteiger partial charge in [0.15, 0.2) is 5.54 Å². The number of hydrogen-bond acceptors (Lipinski definition) is 3. The average molecular weight is 379 g/mol. The third kappa shape index (κ3) is 3.11. The van der Waals surface area contributed by atoms with Crippen LogP contribution in [0.25, 0.3) is 0 Å². The highest BCUT2D eigenvalue weighted by Gasteiger charge is 2.49. The highest BCUT2D eigenvalue weighted by atomic mass is 16.5. The van der Waals surface area contributed by atoms with Crippen molar-refractivity contribution in [1.29, 1.82) is 0 Å². The molecule has 28 heavy (non-hydrogen) atoms. The third-order valence-corrected chi connectivity index (χ3v) is 5.73. The van der Waals surface area contributed by atoms with Crippen LogP contribution in [-0.4, -0.2) is 29.8 Å². The first-order valence-electron chi connectivity index (χ1n) is 9.78. The van der Waals surface area contributed by atoms with Gasteiger partial charge in [-0.2, -0.15) is 0 Å². The van der Waals surface area contributed by atoms with Crippen LogP contribution in [-0.2, 0) is 10.3 Å². The lowest BCUT2D eigenvalue weighted by molar-refractivity contribution is -0.129. The first kappa shape index (κ1) is 20.1. The molecule has 0 saturated heterocycles. The van der Waals surface area contributed by atoms with Gasteiger partial charge in [-0.3, -0.25) is 4.79 Å². The molecule has 1 amide bonds. The molecule has 1 unspecified atom stereocenters. The molecule has 2 aromatic carbocycles. The van der Waals surface area contributed by atoms with Gasteiger partial charge in [0.05, 0.1) is 6.10 Å². The van der Waals surface area contributed by atoms with Crippen LogP contribution in [0.15, 0.2) is 35.3 Å². The molecule has 1 aliphatic rings. The fourth-order valence-electron chi connectivity index (χ4n) is 3.80. The SMILES string of the molecule is CC1=NC(c2ccc(OC(C)C)c(C)c2)(c2cc(C)c(C)c(C)c2)C(=O)N1C. The quantitative estimate of drug-likeness (QED) is 0.764. The molecule has 2 aromatic rings. The van der Waals surface area contributed by atoms with Gasteiger partial charge in [0.1, 0.15) is 11.6 Å². The fraction of sp³-hybridized carbons (Fsp3) is 0.417. The van der Waals surface area contributed by atoms with Crippen molar-refractivity contribution in [3.05, 3.63) is 63.7 Å². The number of likely N-dealkylation sites (N-methyl/N-ethyl adjacent to an activating group) is 1. The van der Waals surface area contributed by atoms with Crippen molar-refractivity contribution in [2.45, 2.75) is 60.1 Å². The Morgan fingerprint density at radius 1 is 0.929 bits per heavy atom. The summed E-state index contributed by atoms with van der Waals surface area (Å²) < 4.78 is 5.89. The summed E-state index contributed by atoms with van der Waals surface area (Å²) >= 11 is 0. The molecule has 4 heteroatoms. The van der Waals surface area contributed by atoms with E-state index >= 15 is 0 Å². The maximum absolute atomic E-state index is 13.5. The first-order chi connectivity index (χ1) is 13.1. The number of carbonyl (C=O) groups excluding carboxylic acids is 1. The summed E-state index contributed by atoms with van der Waals surface area (Å²) in [5.41, 5.74) is 5.32. The molecule has 0 radical (unpaired) electrons. The van der Waals surface area contributed by atoms with Crippen LogP contribution in [0.4, 0.5) is 0 Å². The normalized spacial score (nSPS) is 19.4. The van der Waals surface area contributed by atoms with Gasteiger partial charge in [0.2, 0.25) is 0 Å². The highest BCUT2D eigenvalue weighted by Crippen LogP contribution is 2.42. The molecule has 0 bridgehead atoms. The number of carbonyl (C=O) groups is 1. The van der Waals surface area contributed by atoms with E-state index in [2.05, 4.69) is 32.9 Å². The number of benzene rings is 2. The van der Waals surface area contributed by atoms with Crippen LogP contribution in [0.5, 0.6) is 5.75 Å². The third-order valence-electron chi connectivity index (χ3n) is 5.73. The molecule has 4 nitrogen and oxygen atoms in total. The maximum Gasteiger partial charge on any atom is 0.264 e. The number of nitrogens with zero attached hydrogens (tertiary/aromatic N) is 2. The lowest BCUT2D eigenvalue weighted by Gasteiger charge is -2.28. The van der Waals surface area contributed by atoms with Crippen molar-refractivity contribution >= 4 is 11.7 Å². The Labute approximate surface area is 168 Å². The summed E-state index contributed by atoms with van der Waals surface area (Å²) in [4.78, 5) is 20.1. The summed E-state index contributed by atoms with van der Waals surface area (Å²) in [5.74, 6) is 1.54. The van der Waals surface area contributed by atoms with E-state index in [1.54, 1.807) is 11.9 Å². The van der Waals surface area contributed by atoms with Gasteiger partial charge in [-0.1, -0.05) is 18.2 Å². The van der Waals surface area contributed by atoms with E-state index in [1.807, 2.05) is 45.9 Å². The Balaban J connectivity index is 2.26. The molecular formula is C24H30N2O2. The van der Waals surface area contributed by atoms with Crippen LogP contribution >= 0.6 is 0 Å². The van der Waals surface area contributed by atoms with Gasteiger partial charge in [0.25, 0.3) is 5.91 Å². The van der Waals surface area contributed by atoms with E-state index in [0.717, 1.165) is 28.3 Å². The molecule has 1 atom stereocenters. The molecule has 0 aliphatic carbocycles. The average Bonchev–Trinajstić information content (AvgIpc) is 2.85. The molecule has 1 heterocycles. The Morgan fingerprint density at radius 3 is 1.96 bits per heavy atom. The van der Waals surface area contributed by atoms with E-state index in [9.17, 15) is 4.79 Å². The number of amides is 1. The van der Waals surface area contributed by atoms with Gasteiger partial charge in [0, 0.05) is 7.05 Å². The minimum absolute atomic E-state index is 0.0235. The van der Waals surface area contributed by atoms with Crippen LogP contribution in [0.1, 0.15) is 54.2 Å². The Bertz CT molecular complexity index is 952. The smallest absolute Gasteiger partial charge is 0.264 e. The van der Waals surface area contributed by atoms with Gasteiger partial charge in [-0.15, -0.1) is 0 Å². The number of ether oxygens (including phenoxy) is 1. The topological polar surface area (TPSA) is 41.9 Å². The largest absolute Gasteiger partial charge is 0.491 e. The summed E-state index contributed by atoms with van der Waals surface area (Å²) in [7, 11) is 1.79. The van der Waals surface area contributed by atoms with Crippen LogP contribution in [0, 0.1) is 27.7 Å². The first-order valence-corrected chi connectivity index (χ1v) is 9.78. The van der Waals surface area contributed by atoms with E-state index in [0.29, 0.717) is 0 Å². The molecule has 3 rings (SSSR count). The van der Waals surface area contributed by atoms with Crippen molar-refractivity contribution in [2.24, 2.45) is 4.99 Å². The number of rotatable bonds is 4. The molecule has 0 aromatic heterocycles. The second-order valence-electron chi connectivity index (χ2n) is 8.12. The van der Waals surface area contributed by atoms with Crippen LogP contribution in [0.2, 0.25) is 0 Å². The monoisotopic (exact) mass is 378 g/mol. The molecule has 0 fully saturated rings. The van der Waals surface area contributed by atoms with E-state index < -0.39 is 5.54 Å². The van der Waals surface area contributed by atoms with Gasteiger partial charge in [-0.25, -0.2) is 4.99 Å². The van der Waals surface area contributed by atoms with Gasteiger partial charge < -0.3 is 9.64 Å². The van der Waals surface area contributed by atoms with E-state index in [4.69, 9.17) is 9.73 Å². The summed E-state index contributed by atoms with van der Waals surface area (Å²) in [6.45, 7) is 14.2. The molecular weight excluding hydrogens is 348 g/mol. The van der Waals surface area contributed by atoms with Crippen molar-refractivity contribution in [1.82, 2.24) is 4.90 Å². The van der Waals surface area contributed by atoms with Gasteiger partial charge >= 0.3 is 0 Å². The highest BCUT2D eigenvalue weighted by molar-refractivity contribution is 6.09. The summed E-state index contributed by atoms with van der Waals surface area (Å²) in [5, 5.41) is 0. The van der Waals surface area contributed by atoms with Crippen molar-refractivity contribution < 1.29 is 9.53 Å². The lowest BCUT2D eigenvalue weighted by Crippen LogP contribution is -2.39. The second kappa shape index (κ2) is 7.08. The van der Waals surface area contributed by atoms with E-state index in [-0.39, 0.29) is 12.0 Å². The molecule has 0 spiro atoms. The van der Waals surface area contributed by atoms with Crippen molar-refractivity contribution in [3.8, 4) is 5.75 Å². The zero-order chi connectivity index (χ0) is 20.8. The minimum Gasteiger partial charge on any atom is -0.491 e. The maximum atomic E-state index is 13.5. The fourth-order valence-corrected chi connectivity index (χ4v) is 3.80. The molecule has 0 saturated carbocycles. The standard InChI is InChI=1S/C24H30N2O2/c1-14(2)28-22-10-9-20(13-17(22)5)24(23(27)26(8)19(7)25-24)21-11-15(3)18(6)16(4)12-21/h9-14H,1-8H3. The molecule has 1 aliphatic heterocycles. The summed E-state index contributed by atoms with van der Waals surface area (Å²) in [6.07, 6.45) is 0.0976. The lowest BCUT2D eigenvalue weighted by atomic mass is 9.80. The zero-order valence-electron chi connectivity index (χ0n) is 18.2. The van der Waals surface area contributed by atoms with Crippen molar-refractivity contribution in [2.75, 3.05) is 7.05 Å². The second-order valence-corrected chi connectivity index (χ2v) is 8.12. The number of amidine groups is 1. The Hall–Kier alpha value is -2.62. The minimum atomic E-state index is -1.05. The van der Waals surface area contributed by atoms with Crippen molar-refractivity contribution in [3.63, 3.8) is 0 Å². The predicted molar refractivity (Wildman–Crippen MR) is 114 cm³/mol. The number of hydrogen-bond donors (Lipinski definition) is 0. The predicted octanol–water partition coefficient (Wildman–Crippen LogP) is 4.84. The summed E-state index contributed by atoms with van der Waals surface area (Å²) in [6, 6.07) is 10.2. The number of aliphatic imine (C=N–C) groups is 1. The Kier molecular flexibility index (Phi) is 5.09. The zero-order valence-corrected chi connectivity index (χ0v) is 18.2. The molecule has 148 valence electrons.